The van der Waals surface area contributed by atoms with Crippen LogP contribution < -0.4 is 0 Å². The zero-order valence-electron chi connectivity index (χ0n) is 6.27. The number of hydrazone groups is 1. The van der Waals surface area contributed by atoms with Crippen LogP contribution in [0.25, 0.3) is 0 Å². The first-order valence-electron chi connectivity index (χ1n) is 3.23. The highest BCUT2D eigenvalue weighted by Gasteiger charge is 2.46. The molecule has 2 atom stereocenters. The van der Waals surface area contributed by atoms with Crippen molar-refractivity contribution in [2.45, 2.75) is 24.5 Å². The molecule has 0 spiro atoms. The molecule has 12 heavy (non-hydrogen) atoms. The molecule has 6 heteroatoms. The molecule has 1 radical (unpaired) electrons. The van der Waals surface area contributed by atoms with E-state index in [-0.39, 0.29) is 0 Å². The fraction of sp³-hybridized carbons (Fsp3) is 0.667. The van der Waals surface area contributed by atoms with E-state index in [1.54, 1.807) is 0 Å². The summed E-state index contributed by atoms with van der Waals surface area (Å²) in [4.78, 5) is 0. The number of halogens is 4. The third kappa shape index (κ3) is 1.50. The van der Waals surface area contributed by atoms with Crippen LogP contribution in [-0.2, 0) is 0 Å². The second-order valence-corrected chi connectivity index (χ2v) is 3.04. The Bertz CT molecular complexity index is 213. The zero-order valence-corrected chi connectivity index (χ0v) is 7.02. The summed E-state index contributed by atoms with van der Waals surface area (Å²) in [5.41, 5.74) is -0.966. The van der Waals surface area contributed by atoms with E-state index in [2.05, 4.69) is 12.1 Å². The molecule has 0 amide bonds. The van der Waals surface area contributed by atoms with Crippen molar-refractivity contribution >= 4 is 17.3 Å². The maximum absolute atomic E-state index is 12.1. The first-order valence-corrected chi connectivity index (χ1v) is 3.67. The van der Waals surface area contributed by atoms with Crippen molar-refractivity contribution in [3.8, 4) is 0 Å². The van der Waals surface area contributed by atoms with Crippen molar-refractivity contribution in [2.75, 3.05) is 0 Å². The van der Waals surface area contributed by atoms with Gasteiger partial charge in [0.15, 0.2) is 5.71 Å². The van der Waals surface area contributed by atoms with E-state index in [1.165, 1.54) is 6.92 Å². The molecule has 2 unspecified atom stereocenters. The Morgan fingerprint density at radius 2 is 2.08 bits per heavy atom. The molecule has 0 N–H and O–H groups in total. The van der Waals surface area contributed by atoms with E-state index in [0.29, 0.717) is 0 Å². The average molecular weight is 200 g/mol. The van der Waals surface area contributed by atoms with Crippen LogP contribution in [0.2, 0.25) is 0 Å². The number of rotatable bonds is 0. The second kappa shape index (κ2) is 2.80. The zero-order chi connectivity index (χ0) is 9.52. The Hall–Kier alpha value is -0.450. The molecule has 0 aromatic rings. The lowest BCUT2D eigenvalue weighted by Gasteiger charge is -2.15. The first kappa shape index (κ1) is 9.64. The van der Waals surface area contributed by atoms with Gasteiger partial charge in [0, 0.05) is 0 Å². The van der Waals surface area contributed by atoms with Crippen molar-refractivity contribution in [1.82, 2.24) is 5.01 Å². The highest BCUT2D eigenvalue weighted by molar-refractivity contribution is 6.34. The Morgan fingerprint density at radius 1 is 1.58 bits per heavy atom. The van der Waals surface area contributed by atoms with Gasteiger partial charge in [-0.25, -0.2) is 0 Å². The van der Waals surface area contributed by atoms with Gasteiger partial charge in [0.05, 0.1) is 13.1 Å². The van der Waals surface area contributed by atoms with Crippen LogP contribution in [-0.4, -0.2) is 28.3 Å². The highest BCUT2D eigenvalue weighted by Crippen LogP contribution is 2.30. The van der Waals surface area contributed by atoms with Gasteiger partial charge in [-0.2, -0.15) is 18.3 Å². The standard InChI is InChI=1S/C6H7ClF3N2/c1-3-4(7)5(6(8,9)10)11-12(3)2/h3-4H,2H2,1H3. The normalized spacial score (nSPS) is 30.8. The molecule has 0 aliphatic carbocycles. The number of alkyl halides is 4. The van der Waals surface area contributed by atoms with Crippen LogP contribution >= 0.6 is 11.6 Å². The highest BCUT2D eigenvalue weighted by atomic mass is 35.5. The summed E-state index contributed by atoms with van der Waals surface area (Å²) in [5, 5.41) is 3.05. The summed E-state index contributed by atoms with van der Waals surface area (Å²) in [6.07, 6.45) is -4.45. The molecule has 0 bridgehead atoms. The molecular formula is C6H7ClF3N2. The van der Waals surface area contributed by atoms with Crippen molar-refractivity contribution in [3.05, 3.63) is 7.05 Å². The lowest BCUT2D eigenvalue weighted by Crippen LogP contribution is -2.34. The molecular weight excluding hydrogens is 193 g/mol. The summed E-state index contributed by atoms with van der Waals surface area (Å²) in [6, 6.07) is -0.511. The SMILES string of the molecule is [CH2]N1N=C(C(F)(F)F)C(Cl)C1C. The molecule has 1 rings (SSSR count). The lowest BCUT2D eigenvalue weighted by atomic mass is 10.1. The van der Waals surface area contributed by atoms with Gasteiger partial charge in [-0.3, -0.25) is 5.01 Å². The van der Waals surface area contributed by atoms with Crippen LogP contribution in [0, 0.1) is 7.05 Å². The van der Waals surface area contributed by atoms with Crippen molar-refractivity contribution < 1.29 is 13.2 Å². The van der Waals surface area contributed by atoms with Crippen LogP contribution in [0.15, 0.2) is 5.10 Å². The predicted molar refractivity (Wildman–Crippen MR) is 39.8 cm³/mol. The molecule has 69 valence electrons. The summed E-state index contributed by atoms with van der Waals surface area (Å²) < 4.78 is 36.3. The fourth-order valence-corrected chi connectivity index (χ4v) is 1.17. The van der Waals surface area contributed by atoms with Crippen LogP contribution in [0.5, 0.6) is 0 Å². The van der Waals surface area contributed by atoms with Crippen molar-refractivity contribution in [1.29, 1.82) is 0 Å². The molecule has 0 fully saturated rings. The Kier molecular flexibility index (Phi) is 2.25. The van der Waals surface area contributed by atoms with E-state index in [0.717, 1.165) is 5.01 Å². The second-order valence-electron chi connectivity index (χ2n) is 2.56. The van der Waals surface area contributed by atoms with Gasteiger partial charge in [-0.15, -0.1) is 11.6 Å². The molecule has 1 aliphatic heterocycles. The van der Waals surface area contributed by atoms with Crippen LogP contribution in [0.3, 0.4) is 0 Å². The molecule has 0 saturated heterocycles. The third-order valence-electron chi connectivity index (χ3n) is 1.68. The minimum atomic E-state index is -4.45. The van der Waals surface area contributed by atoms with E-state index in [4.69, 9.17) is 11.6 Å². The van der Waals surface area contributed by atoms with E-state index < -0.39 is 23.3 Å². The lowest BCUT2D eigenvalue weighted by molar-refractivity contribution is -0.0599. The van der Waals surface area contributed by atoms with Gasteiger partial charge in [-0.1, -0.05) is 0 Å². The molecule has 0 aromatic carbocycles. The monoisotopic (exact) mass is 199 g/mol. The number of hydrogen-bond acceptors (Lipinski definition) is 2. The van der Waals surface area contributed by atoms with Gasteiger partial charge < -0.3 is 0 Å². The van der Waals surface area contributed by atoms with Gasteiger partial charge in [0.25, 0.3) is 0 Å². The van der Waals surface area contributed by atoms with Crippen molar-refractivity contribution in [3.63, 3.8) is 0 Å². The Morgan fingerprint density at radius 3 is 2.25 bits per heavy atom. The number of hydrogen-bond donors (Lipinski definition) is 0. The summed E-state index contributed by atoms with van der Waals surface area (Å²) in [6.45, 7) is 1.53. The summed E-state index contributed by atoms with van der Waals surface area (Å²) >= 11 is 5.48. The summed E-state index contributed by atoms with van der Waals surface area (Å²) in [7, 11) is 3.29. The largest absolute Gasteiger partial charge is 0.432 e. The third-order valence-corrected chi connectivity index (χ3v) is 2.25. The minimum absolute atomic E-state index is 0.511. The Balaban J connectivity index is 2.87. The predicted octanol–water partition coefficient (Wildman–Crippen LogP) is 2.01. The average Bonchev–Trinajstić information content (AvgIpc) is 2.15. The van der Waals surface area contributed by atoms with E-state index in [1.807, 2.05) is 0 Å². The van der Waals surface area contributed by atoms with Gasteiger partial charge in [-0.05, 0) is 6.92 Å². The van der Waals surface area contributed by atoms with Gasteiger partial charge in [0.1, 0.15) is 5.38 Å². The molecule has 0 saturated carbocycles. The van der Waals surface area contributed by atoms with Crippen molar-refractivity contribution in [2.24, 2.45) is 5.10 Å². The molecule has 1 heterocycles. The Labute approximate surface area is 73.0 Å². The molecule has 2 nitrogen and oxygen atoms in total. The van der Waals surface area contributed by atoms with E-state index >= 15 is 0 Å². The smallest absolute Gasteiger partial charge is 0.290 e. The van der Waals surface area contributed by atoms with E-state index in [9.17, 15) is 13.2 Å². The van der Waals surface area contributed by atoms with Gasteiger partial charge in [0.2, 0.25) is 0 Å². The maximum Gasteiger partial charge on any atom is 0.432 e. The topological polar surface area (TPSA) is 15.6 Å². The summed E-state index contributed by atoms with van der Waals surface area (Å²) in [5.74, 6) is 0. The fourth-order valence-electron chi connectivity index (χ4n) is 0.877. The minimum Gasteiger partial charge on any atom is -0.290 e. The quantitative estimate of drug-likeness (QED) is 0.545. The van der Waals surface area contributed by atoms with Gasteiger partial charge >= 0.3 is 6.18 Å². The number of nitrogens with zero attached hydrogens (tertiary/aromatic N) is 2. The first-order chi connectivity index (χ1) is 5.34. The van der Waals surface area contributed by atoms with Crippen LogP contribution in [0.1, 0.15) is 6.92 Å². The maximum atomic E-state index is 12.1. The molecule has 1 aliphatic rings. The van der Waals surface area contributed by atoms with Crippen LogP contribution in [0.4, 0.5) is 13.2 Å². The molecule has 0 aromatic heterocycles.